The van der Waals surface area contributed by atoms with Crippen molar-refractivity contribution in [2.45, 2.75) is 31.6 Å². The van der Waals surface area contributed by atoms with Gasteiger partial charge in [0.15, 0.2) is 0 Å². The first-order valence-corrected chi connectivity index (χ1v) is 6.02. The number of halogens is 3. The summed E-state index contributed by atoms with van der Waals surface area (Å²) < 4.78 is 37.7. The van der Waals surface area contributed by atoms with Crippen LogP contribution in [0, 0.1) is 0 Å². The van der Waals surface area contributed by atoms with Crippen molar-refractivity contribution in [3.05, 3.63) is 35.4 Å². The van der Waals surface area contributed by atoms with Gasteiger partial charge in [0, 0.05) is 12.6 Å². The Hall–Kier alpha value is -1.07. The minimum Gasteiger partial charge on any atom is -0.395 e. The van der Waals surface area contributed by atoms with E-state index >= 15 is 0 Å². The first kappa shape index (κ1) is 13.4. The summed E-state index contributed by atoms with van der Waals surface area (Å²) in [5, 5.41) is 9.18. The zero-order valence-corrected chi connectivity index (χ0v) is 9.95. The van der Waals surface area contributed by atoms with Crippen LogP contribution in [-0.2, 0) is 12.7 Å². The summed E-state index contributed by atoms with van der Waals surface area (Å²) in [4.78, 5) is 2.04. The van der Waals surface area contributed by atoms with Crippen LogP contribution in [0.2, 0.25) is 0 Å². The molecule has 1 aliphatic heterocycles. The number of benzene rings is 1. The van der Waals surface area contributed by atoms with Crippen molar-refractivity contribution < 1.29 is 18.3 Å². The molecule has 18 heavy (non-hydrogen) atoms. The summed E-state index contributed by atoms with van der Waals surface area (Å²) in [7, 11) is 0. The van der Waals surface area contributed by atoms with Crippen molar-refractivity contribution in [1.82, 2.24) is 4.90 Å². The highest BCUT2D eigenvalue weighted by Gasteiger charge is 2.31. The predicted molar refractivity (Wildman–Crippen MR) is 62.0 cm³/mol. The van der Waals surface area contributed by atoms with Crippen molar-refractivity contribution in [3.8, 4) is 0 Å². The van der Waals surface area contributed by atoms with E-state index in [4.69, 9.17) is 0 Å². The zero-order chi connectivity index (χ0) is 13.2. The summed E-state index contributed by atoms with van der Waals surface area (Å²) in [6.07, 6.45) is -2.39. The maximum absolute atomic E-state index is 12.6. The van der Waals surface area contributed by atoms with Gasteiger partial charge in [-0.1, -0.05) is 18.2 Å². The van der Waals surface area contributed by atoms with Gasteiger partial charge in [0.25, 0.3) is 0 Å². The Morgan fingerprint density at radius 2 is 2.11 bits per heavy atom. The van der Waals surface area contributed by atoms with E-state index in [1.54, 1.807) is 6.07 Å². The fraction of sp³-hybridized carbons (Fsp3) is 0.538. The lowest BCUT2D eigenvalue weighted by atomic mass is 10.1. The fourth-order valence-electron chi connectivity index (χ4n) is 2.39. The number of hydrogen-bond acceptors (Lipinski definition) is 2. The van der Waals surface area contributed by atoms with Crippen molar-refractivity contribution in [2.75, 3.05) is 13.2 Å². The van der Waals surface area contributed by atoms with Gasteiger partial charge in [0.1, 0.15) is 0 Å². The molecule has 100 valence electrons. The fourth-order valence-corrected chi connectivity index (χ4v) is 2.39. The van der Waals surface area contributed by atoms with Gasteiger partial charge in [-0.25, -0.2) is 0 Å². The molecule has 0 radical (unpaired) electrons. The third kappa shape index (κ3) is 3.03. The molecule has 0 bridgehead atoms. The molecule has 1 heterocycles. The molecule has 0 amide bonds. The van der Waals surface area contributed by atoms with Crippen LogP contribution in [0.4, 0.5) is 13.2 Å². The molecular weight excluding hydrogens is 243 g/mol. The molecule has 0 aliphatic carbocycles. The summed E-state index contributed by atoms with van der Waals surface area (Å²) in [5.74, 6) is 0. The Morgan fingerprint density at radius 1 is 1.33 bits per heavy atom. The Labute approximate surface area is 104 Å². The Bertz CT molecular complexity index is 405. The third-order valence-electron chi connectivity index (χ3n) is 3.35. The molecule has 2 nitrogen and oxygen atoms in total. The standard InChI is InChI=1S/C13H16F3NO/c14-13(15,16)11-4-1-3-10(7-11)8-17-6-2-5-12(17)9-18/h1,3-4,7,12,18H,2,5-6,8-9H2/t12-/m1/s1. The van der Waals surface area contributed by atoms with Gasteiger partial charge in [0.2, 0.25) is 0 Å². The molecule has 2 rings (SSSR count). The van der Waals surface area contributed by atoms with Gasteiger partial charge < -0.3 is 5.11 Å². The minimum atomic E-state index is -4.29. The van der Waals surface area contributed by atoms with Crippen molar-refractivity contribution >= 4 is 0 Å². The first-order valence-electron chi connectivity index (χ1n) is 6.02. The summed E-state index contributed by atoms with van der Waals surface area (Å²) >= 11 is 0. The van der Waals surface area contributed by atoms with E-state index in [1.165, 1.54) is 12.1 Å². The Balaban J connectivity index is 2.10. The van der Waals surface area contributed by atoms with Crippen LogP contribution >= 0.6 is 0 Å². The lowest BCUT2D eigenvalue weighted by Gasteiger charge is -2.23. The van der Waals surface area contributed by atoms with Crippen LogP contribution < -0.4 is 0 Å². The smallest absolute Gasteiger partial charge is 0.395 e. The molecule has 1 fully saturated rings. The second-order valence-corrected chi connectivity index (χ2v) is 4.65. The minimum absolute atomic E-state index is 0.0684. The van der Waals surface area contributed by atoms with Crippen molar-refractivity contribution in [2.24, 2.45) is 0 Å². The summed E-state index contributed by atoms with van der Waals surface area (Å²) in [6, 6.07) is 5.48. The Kier molecular flexibility index (Phi) is 3.92. The summed E-state index contributed by atoms with van der Waals surface area (Å²) in [5.41, 5.74) is 0.0323. The molecular formula is C13H16F3NO. The summed E-state index contributed by atoms with van der Waals surface area (Å²) in [6.45, 7) is 1.37. The maximum atomic E-state index is 12.6. The molecule has 0 unspecified atom stereocenters. The topological polar surface area (TPSA) is 23.5 Å². The molecule has 1 aromatic rings. The molecule has 1 saturated heterocycles. The maximum Gasteiger partial charge on any atom is 0.416 e. The molecule has 0 spiro atoms. The van der Waals surface area contributed by atoms with E-state index in [1.807, 2.05) is 4.90 Å². The first-order chi connectivity index (χ1) is 8.50. The highest BCUT2D eigenvalue weighted by atomic mass is 19.4. The number of aliphatic hydroxyl groups excluding tert-OH is 1. The molecule has 1 aliphatic rings. The lowest BCUT2D eigenvalue weighted by molar-refractivity contribution is -0.137. The van der Waals surface area contributed by atoms with Crippen molar-refractivity contribution in [1.29, 1.82) is 0 Å². The number of nitrogens with zero attached hydrogens (tertiary/aromatic N) is 1. The Morgan fingerprint density at radius 3 is 2.78 bits per heavy atom. The van der Waals surface area contributed by atoms with E-state index < -0.39 is 11.7 Å². The number of hydrogen-bond donors (Lipinski definition) is 1. The van der Waals surface area contributed by atoms with Crippen LogP contribution in [0.5, 0.6) is 0 Å². The van der Waals surface area contributed by atoms with Gasteiger partial charge in [-0.3, -0.25) is 4.90 Å². The van der Waals surface area contributed by atoms with E-state index in [9.17, 15) is 18.3 Å². The lowest BCUT2D eigenvalue weighted by Crippen LogP contribution is -2.31. The largest absolute Gasteiger partial charge is 0.416 e. The molecule has 5 heteroatoms. The van der Waals surface area contributed by atoms with Gasteiger partial charge in [-0.2, -0.15) is 13.2 Å². The normalized spacial score (nSPS) is 21.4. The van der Waals surface area contributed by atoms with Crippen LogP contribution in [0.15, 0.2) is 24.3 Å². The van der Waals surface area contributed by atoms with Crippen LogP contribution in [0.25, 0.3) is 0 Å². The van der Waals surface area contributed by atoms with Crippen LogP contribution in [0.3, 0.4) is 0 Å². The van der Waals surface area contributed by atoms with Crippen molar-refractivity contribution in [3.63, 3.8) is 0 Å². The van der Waals surface area contributed by atoms with Crippen LogP contribution in [-0.4, -0.2) is 29.2 Å². The predicted octanol–water partition coefficient (Wildman–Crippen LogP) is 2.66. The van der Waals surface area contributed by atoms with E-state index in [-0.39, 0.29) is 12.6 Å². The van der Waals surface area contributed by atoms with Gasteiger partial charge in [-0.15, -0.1) is 0 Å². The van der Waals surface area contributed by atoms with Gasteiger partial charge >= 0.3 is 6.18 Å². The average molecular weight is 259 g/mol. The SMILES string of the molecule is OC[C@H]1CCCN1Cc1cccc(C(F)(F)F)c1. The van der Waals surface area contributed by atoms with Crippen LogP contribution in [0.1, 0.15) is 24.0 Å². The quantitative estimate of drug-likeness (QED) is 0.902. The number of alkyl halides is 3. The third-order valence-corrected chi connectivity index (χ3v) is 3.35. The van der Waals surface area contributed by atoms with E-state index in [0.29, 0.717) is 12.1 Å². The monoisotopic (exact) mass is 259 g/mol. The van der Waals surface area contributed by atoms with Gasteiger partial charge in [0.05, 0.1) is 12.2 Å². The molecule has 0 aromatic heterocycles. The molecule has 0 saturated carbocycles. The van der Waals surface area contributed by atoms with E-state index in [2.05, 4.69) is 0 Å². The van der Waals surface area contributed by atoms with Gasteiger partial charge in [-0.05, 0) is 31.0 Å². The highest BCUT2D eigenvalue weighted by Crippen LogP contribution is 2.30. The molecule has 1 aromatic carbocycles. The second-order valence-electron chi connectivity index (χ2n) is 4.65. The second kappa shape index (κ2) is 5.28. The molecule has 1 N–H and O–H groups in total. The molecule has 1 atom stereocenters. The number of rotatable bonds is 3. The zero-order valence-electron chi connectivity index (χ0n) is 9.95. The van der Waals surface area contributed by atoms with E-state index in [0.717, 1.165) is 25.5 Å². The average Bonchev–Trinajstić information content (AvgIpc) is 2.75. The number of likely N-dealkylation sites (tertiary alicyclic amines) is 1. The highest BCUT2D eigenvalue weighted by molar-refractivity contribution is 5.25. The number of aliphatic hydroxyl groups is 1.